The summed E-state index contributed by atoms with van der Waals surface area (Å²) in [7, 11) is 2.84. The standard InChI is InChI=1S/C12H16O4/c1-15-11(13)9-3-7-5-10(12(14)16-2)6-8(7)4-9/h9-10H,3-6H2,1-2H3. The summed E-state index contributed by atoms with van der Waals surface area (Å²) in [4.78, 5) is 22.8. The van der Waals surface area contributed by atoms with Crippen molar-refractivity contribution in [3.63, 3.8) is 0 Å². The van der Waals surface area contributed by atoms with Crippen LogP contribution in [0.4, 0.5) is 0 Å². The number of methoxy groups -OCH3 is 2. The Morgan fingerprint density at radius 3 is 1.44 bits per heavy atom. The van der Waals surface area contributed by atoms with E-state index in [1.807, 2.05) is 0 Å². The van der Waals surface area contributed by atoms with Gasteiger partial charge in [-0.3, -0.25) is 9.59 Å². The lowest BCUT2D eigenvalue weighted by atomic mass is 9.96. The first-order chi connectivity index (χ1) is 7.65. The topological polar surface area (TPSA) is 52.6 Å². The lowest BCUT2D eigenvalue weighted by Gasteiger charge is -2.13. The van der Waals surface area contributed by atoms with Crippen molar-refractivity contribution in [3.05, 3.63) is 11.1 Å². The highest BCUT2D eigenvalue weighted by Crippen LogP contribution is 2.45. The number of esters is 2. The minimum Gasteiger partial charge on any atom is -0.469 e. The summed E-state index contributed by atoms with van der Waals surface area (Å²) in [6, 6.07) is 0. The quantitative estimate of drug-likeness (QED) is 0.526. The van der Waals surface area contributed by atoms with Crippen molar-refractivity contribution >= 4 is 11.9 Å². The molecule has 0 saturated carbocycles. The molecule has 0 radical (unpaired) electrons. The van der Waals surface area contributed by atoms with Crippen LogP contribution in [0.25, 0.3) is 0 Å². The molecule has 2 aliphatic carbocycles. The molecule has 0 saturated heterocycles. The number of allylic oxidation sites excluding steroid dienone is 2. The zero-order chi connectivity index (χ0) is 11.7. The monoisotopic (exact) mass is 224 g/mol. The summed E-state index contributed by atoms with van der Waals surface area (Å²) in [5.41, 5.74) is 2.54. The first-order valence-corrected chi connectivity index (χ1v) is 5.51. The van der Waals surface area contributed by atoms with Crippen LogP contribution in [-0.4, -0.2) is 26.2 Å². The van der Waals surface area contributed by atoms with E-state index >= 15 is 0 Å². The summed E-state index contributed by atoms with van der Waals surface area (Å²) in [6.07, 6.45) is 3.04. The zero-order valence-corrected chi connectivity index (χ0v) is 9.62. The Hall–Kier alpha value is -1.32. The van der Waals surface area contributed by atoms with Gasteiger partial charge in [0, 0.05) is 0 Å². The van der Waals surface area contributed by atoms with Crippen LogP contribution in [-0.2, 0) is 19.1 Å². The Kier molecular flexibility index (Phi) is 2.99. The second kappa shape index (κ2) is 4.28. The van der Waals surface area contributed by atoms with Gasteiger partial charge in [-0.1, -0.05) is 11.1 Å². The fourth-order valence-corrected chi connectivity index (χ4v) is 2.74. The third-order valence-corrected chi connectivity index (χ3v) is 3.54. The van der Waals surface area contributed by atoms with Crippen molar-refractivity contribution in [3.8, 4) is 0 Å². The van der Waals surface area contributed by atoms with Crippen molar-refractivity contribution in [1.82, 2.24) is 0 Å². The van der Waals surface area contributed by atoms with E-state index < -0.39 is 0 Å². The predicted molar refractivity (Wildman–Crippen MR) is 56.5 cm³/mol. The Morgan fingerprint density at radius 1 is 0.875 bits per heavy atom. The molecule has 0 aromatic carbocycles. The maximum Gasteiger partial charge on any atom is 0.309 e. The normalized spacial score (nSPS) is 21.1. The second-order valence-corrected chi connectivity index (χ2v) is 4.46. The molecule has 0 aromatic heterocycles. The molecule has 0 heterocycles. The van der Waals surface area contributed by atoms with Crippen LogP contribution in [0, 0.1) is 11.8 Å². The predicted octanol–water partition coefficient (Wildman–Crippen LogP) is 1.45. The second-order valence-electron chi connectivity index (χ2n) is 4.46. The van der Waals surface area contributed by atoms with Crippen LogP contribution < -0.4 is 0 Å². The van der Waals surface area contributed by atoms with E-state index in [1.165, 1.54) is 25.4 Å². The average Bonchev–Trinajstić information content (AvgIpc) is 2.84. The van der Waals surface area contributed by atoms with Gasteiger partial charge in [0.15, 0.2) is 0 Å². The van der Waals surface area contributed by atoms with E-state index in [1.54, 1.807) is 0 Å². The Bertz CT molecular complexity index is 306. The van der Waals surface area contributed by atoms with Gasteiger partial charge in [-0.2, -0.15) is 0 Å². The van der Waals surface area contributed by atoms with Crippen LogP contribution in [0.15, 0.2) is 11.1 Å². The molecule has 0 aromatic rings. The third kappa shape index (κ3) is 1.84. The minimum absolute atomic E-state index is 0.0198. The smallest absolute Gasteiger partial charge is 0.309 e. The molecular formula is C12H16O4. The maximum atomic E-state index is 11.4. The van der Waals surface area contributed by atoms with Gasteiger partial charge in [-0.25, -0.2) is 0 Å². The summed E-state index contributed by atoms with van der Waals surface area (Å²) in [5, 5.41) is 0. The average molecular weight is 224 g/mol. The fourth-order valence-electron chi connectivity index (χ4n) is 2.74. The summed E-state index contributed by atoms with van der Waals surface area (Å²) < 4.78 is 9.48. The Labute approximate surface area is 94.6 Å². The highest BCUT2D eigenvalue weighted by molar-refractivity contribution is 5.77. The van der Waals surface area contributed by atoms with E-state index in [2.05, 4.69) is 0 Å². The number of rotatable bonds is 2. The third-order valence-electron chi connectivity index (χ3n) is 3.54. The molecule has 4 heteroatoms. The summed E-state index contributed by atoms with van der Waals surface area (Å²) >= 11 is 0. The number of carbonyl (C=O) groups is 2. The lowest BCUT2D eigenvalue weighted by molar-refractivity contribution is -0.145. The minimum atomic E-state index is -0.135. The van der Waals surface area contributed by atoms with Crippen LogP contribution in [0.2, 0.25) is 0 Å². The van der Waals surface area contributed by atoms with Gasteiger partial charge in [0.1, 0.15) is 0 Å². The van der Waals surface area contributed by atoms with E-state index in [0.717, 1.165) is 25.7 Å². The Balaban J connectivity index is 1.93. The largest absolute Gasteiger partial charge is 0.469 e. The number of hydrogen-bond donors (Lipinski definition) is 0. The van der Waals surface area contributed by atoms with Crippen LogP contribution >= 0.6 is 0 Å². The van der Waals surface area contributed by atoms with Crippen LogP contribution in [0.3, 0.4) is 0 Å². The molecule has 0 unspecified atom stereocenters. The van der Waals surface area contributed by atoms with E-state index in [0.29, 0.717) is 0 Å². The van der Waals surface area contributed by atoms with Crippen molar-refractivity contribution in [2.75, 3.05) is 14.2 Å². The summed E-state index contributed by atoms with van der Waals surface area (Å²) in [5.74, 6) is -0.310. The molecule has 2 aliphatic rings. The molecule has 0 amide bonds. The molecular weight excluding hydrogens is 208 g/mol. The van der Waals surface area contributed by atoms with Gasteiger partial charge < -0.3 is 9.47 Å². The maximum absolute atomic E-state index is 11.4. The highest BCUT2D eigenvalue weighted by Gasteiger charge is 2.38. The van der Waals surface area contributed by atoms with Crippen molar-refractivity contribution in [2.24, 2.45) is 11.8 Å². The van der Waals surface area contributed by atoms with Gasteiger partial charge in [0.25, 0.3) is 0 Å². The van der Waals surface area contributed by atoms with Crippen molar-refractivity contribution < 1.29 is 19.1 Å². The van der Waals surface area contributed by atoms with E-state index in [-0.39, 0.29) is 23.8 Å². The Morgan fingerprint density at radius 2 is 1.19 bits per heavy atom. The van der Waals surface area contributed by atoms with Crippen LogP contribution in [0.1, 0.15) is 25.7 Å². The molecule has 4 nitrogen and oxygen atoms in total. The highest BCUT2D eigenvalue weighted by atomic mass is 16.5. The molecule has 0 bridgehead atoms. The molecule has 0 spiro atoms. The van der Waals surface area contributed by atoms with Gasteiger partial charge in [-0.05, 0) is 25.7 Å². The van der Waals surface area contributed by atoms with Gasteiger partial charge in [0.05, 0.1) is 26.1 Å². The lowest BCUT2D eigenvalue weighted by Crippen LogP contribution is -2.18. The van der Waals surface area contributed by atoms with Crippen LogP contribution in [0.5, 0.6) is 0 Å². The van der Waals surface area contributed by atoms with Gasteiger partial charge >= 0.3 is 11.9 Å². The first-order valence-electron chi connectivity index (χ1n) is 5.51. The van der Waals surface area contributed by atoms with Gasteiger partial charge in [0.2, 0.25) is 0 Å². The molecule has 0 N–H and O–H groups in total. The molecule has 0 fully saturated rings. The number of carbonyl (C=O) groups excluding carboxylic acids is 2. The molecule has 16 heavy (non-hydrogen) atoms. The number of hydrogen-bond acceptors (Lipinski definition) is 4. The molecule has 0 atom stereocenters. The molecule has 2 rings (SSSR count). The molecule has 0 aliphatic heterocycles. The van der Waals surface area contributed by atoms with E-state index in [9.17, 15) is 9.59 Å². The van der Waals surface area contributed by atoms with E-state index in [4.69, 9.17) is 9.47 Å². The van der Waals surface area contributed by atoms with Gasteiger partial charge in [-0.15, -0.1) is 0 Å². The van der Waals surface area contributed by atoms with Crippen molar-refractivity contribution in [1.29, 1.82) is 0 Å². The molecule has 88 valence electrons. The summed E-state index contributed by atoms with van der Waals surface area (Å²) in [6.45, 7) is 0. The number of ether oxygens (including phenoxy) is 2. The van der Waals surface area contributed by atoms with Crippen molar-refractivity contribution in [2.45, 2.75) is 25.7 Å². The SMILES string of the molecule is COC(=O)C1CC2=C(C1)CC(C(=O)OC)C2. The zero-order valence-electron chi connectivity index (χ0n) is 9.62. The fraction of sp³-hybridized carbons (Fsp3) is 0.667. The first kappa shape index (κ1) is 11.2.